The van der Waals surface area contributed by atoms with Crippen LogP contribution in [-0.4, -0.2) is 9.91 Å². The van der Waals surface area contributed by atoms with E-state index in [0.717, 1.165) is 6.42 Å². The molecule has 0 fully saturated rings. The van der Waals surface area contributed by atoms with Gasteiger partial charge in [-0.1, -0.05) is 26.0 Å². The van der Waals surface area contributed by atoms with E-state index in [1.54, 1.807) is 12.1 Å². The molecular formula is C15H15BrN2O3. The van der Waals surface area contributed by atoms with Crippen LogP contribution in [0.3, 0.4) is 0 Å². The molecule has 1 atom stereocenters. The van der Waals surface area contributed by atoms with Crippen LogP contribution in [-0.2, 0) is 0 Å². The number of benzene rings is 1. The van der Waals surface area contributed by atoms with Gasteiger partial charge in [0.25, 0.3) is 5.88 Å². The van der Waals surface area contributed by atoms with Crippen molar-refractivity contribution in [3.05, 3.63) is 56.7 Å². The fraction of sp³-hybridized carbons (Fsp3) is 0.267. The molecule has 0 aliphatic carbocycles. The summed E-state index contributed by atoms with van der Waals surface area (Å²) >= 11 is 3.16. The largest absolute Gasteiger partial charge is 0.434 e. The lowest BCUT2D eigenvalue weighted by Gasteiger charge is -2.10. The highest BCUT2D eigenvalue weighted by Gasteiger charge is 2.18. The minimum atomic E-state index is -0.513. The third-order valence-electron chi connectivity index (χ3n) is 3.27. The van der Waals surface area contributed by atoms with E-state index in [1.165, 1.54) is 17.8 Å². The highest BCUT2D eigenvalue weighted by molar-refractivity contribution is 9.10. The maximum absolute atomic E-state index is 11.0. The molecule has 2 rings (SSSR count). The zero-order valence-electron chi connectivity index (χ0n) is 11.7. The van der Waals surface area contributed by atoms with Crippen LogP contribution >= 0.6 is 15.9 Å². The summed E-state index contributed by atoms with van der Waals surface area (Å²) in [4.78, 5) is 14.5. The lowest BCUT2D eigenvalue weighted by molar-refractivity contribution is -0.386. The van der Waals surface area contributed by atoms with Gasteiger partial charge in [-0.3, -0.25) is 10.1 Å². The van der Waals surface area contributed by atoms with Gasteiger partial charge in [0.05, 0.1) is 4.92 Å². The number of nitrogens with zero attached hydrogens (tertiary/aromatic N) is 2. The predicted octanol–water partition coefficient (Wildman–Crippen LogP) is 5.06. The Bertz CT molecular complexity index is 644. The molecule has 0 N–H and O–H groups in total. The molecule has 110 valence electrons. The van der Waals surface area contributed by atoms with Gasteiger partial charge < -0.3 is 4.74 Å². The maximum Gasteiger partial charge on any atom is 0.332 e. The highest BCUT2D eigenvalue weighted by atomic mass is 79.9. The summed E-state index contributed by atoms with van der Waals surface area (Å²) in [5.74, 6) is 0.985. The van der Waals surface area contributed by atoms with E-state index in [9.17, 15) is 10.1 Å². The normalized spacial score (nSPS) is 12.0. The molecule has 0 radical (unpaired) electrons. The Morgan fingerprint density at radius 2 is 2.05 bits per heavy atom. The molecule has 0 aliphatic heterocycles. The molecular weight excluding hydrogens is 336 g/mol. The van der Waals surface area contributed by atoms with E-state index >= 15 is 0 Å². The van der Waals surface area contributed by atoms with Crippen molar-refractivity contribution in [3.8, 4) is 11.6 Å². The van der Waals surface area contributed by atoms with Gasteiger partial charge in [-0.15, -0.1) is 0 Å². The number of aromatic nitrogens is 1. The molecule has 5 nitrogen and oxygen atoms in total. The average molecular weight is 351 g/mol. The fourth-order valence-electron chi connectivity index (χ4n) is 1.84. The van der Waals surface area contributed by atoms with Crippen LogP contribution in [0.25, 0.3) is 0 Å². The van der Waals surface area contributed by atoms with Crippen LogP contribution in [0, 0.1) is 10.1 Å². The van der Waals surface area contributed by atoms with Gasteiger partial charge in [0, 0.05) is 16.7 Å². The minimum Gasteiger partial charge on any atom is -0.434 e. The summed E-state index contributed by atoms with van der Waals surface area (Å²) in [6, 6.07) is 8.90. The molecule has 1 heterocycles. The van der Waals surface area contributed by atoms with Gasteiger partial charge >= 0.3 is 5.69 Å². The maximum atomic E-state index is 11.0. The zero-order valence-corrected chi connectivity index (χ0v) is 13.3. The molecule has 21 heavy (non-hydrogen) atoms. The van der Waals surface area contributed by atoms with Crippen LogP contribution in [0.1, 0.15) is 31.7 Å². The number of halogens is 1. The molecule has 0 aliphatic rings. The first kappa shape index (κ1) is 15.4. The Morgan fingerprint density at radius 3 is 2.62 bits per heavy atom. The number of pyridine rings is 1. The van der Waals surface area contributed by atoms with Crippen LogP contribution < -0.4 is 4.74 Å². The lowest BCUT2D eigenvalue weighted by Crippen LogP contribution is -1.96. The van der Waals surface area contributed by atoms with E-state index < -0.39 is 4.92 Å². The number of hydrogen-bond donors (Lipinski definition) is 0. The van der Waals surface area contributed by atoms with E-state index in [0.29, 0.717) is 16.1 Å². The van der Waals surface area contributed by atoms with Gasteiger partial charge in [0.15, 0.2) is 0 Å². The van der Waals surface area contributed by atoms with Gasteiger partial charge in [-0.2, -0.15) is 0 Å². The predicted molar refractivity (Wildman–Crippen MR) is 83.8 cm³/mol. The molecule has 0 saturated carbocycles. The summed E-state index contributed by atoms with van der Waals surface area (Å²) in [6.07, 6.45) is 2.52. The molecule has 0 spiro atoms. The monoisotopic (exact) mass is 350 g/mol. The van der Waals surface area contributed by atoms with Gasteiger partial charge in [0.1, 0.15) is 5.75 Å². The van der Waals surface area contributed by atoms with E-state index in [2.05, 4.69) is 34.8 Å². The van der Waals surface area contributed by atoms with Crippen LogP contribution in [0.5, 0.6) is 11.6 Å². The van der Waals surface area contributed by atoms with Crippen molar-refractivity contribution < 1.29 is 9.66 Å². The van der Waals surface area contributed by atoms with Gasteiger partial charge in [-0.25, -0.2) is 4.98 Å². The molecule has 1 aromatic heterocycles. The van der Waals surface area contributed by atoms with Crippen molar-refractivity contribution >= 4 is 21.6 Å². The number of hydrogen-bond acceptors (Lipinski definition) is 4. The van der Waals surface area contributed by atoms with Gasteiger partial charge in [-0.05, 0) is 46.0 Å². The summed E-state index contributed by atoms with van der Waals surface area (Å²) in [6.45, 7) is 4.28. The first-order valence-electron chi connectivity index (χ1n) is 6.59. The van der Waals surface area contributed by atoms with Crippen molar-refractivity contribution in [1.82, 2.24) is 4.98 Å². The Kier molecular flexibility index (Phi) is 4.90. The summed E-state index contributed by atoms with van der Waals surface area (Å²) in [5.41, 5.74) is 1.04. The van der Waals surface area contributed by atoms with Crippen LogP contribution in [0.2, 0.25) is 0 Å². The van der Waals surface area contributed by atoms with Crippen LogP contribution in [0.15, 0.2) is 41.0 Å². The SMILES string of the molecule is CCC(C)c1ccc(Oc2ncc(Br)cc2[N+](=O)[O-])cc1. The topological polar surface area (TPSA) is 65.3 Å². The van der Waals surface area contributed by atoms with E-state index in [1.807, 2.05) is 12.1 Å². The number of ether oxygens (including phenoxy) is 1. The van der Waals surface area contributed by atoms with Crippen molar-refractivity contribution in [2.45, 2.75) is 26.2 Å². The third-order valence-corrected chi connectivity index (χ3v) is 3.71. The van der Waals surface area contributed by atoms with E-state index in [4.69, 9.17) is 4.74 Å². The molecule has 0 bridgehead atoms. The summed E-state index contributed by atoms with van der Waals surface area (Å²) in [7, 11) is 0. The second-order valence-electron chi connectivity index (χ2n) is 4.72. The quantitative estimate of drug-likeness (QED) is 0.558. The molecule has 0 saturated heterocycles. The second kappa shape index (κ2) is 6.67. The average Bonchev–Trinajstić information content (AvgIpc) is 2.49. The van der Waals surface area contributed by atoms with E-state index in [-0.39, 0.29) is 11.6 Å². The second-order valence-corrected chi connectivity index (χ2v) is 5.63. The molecule has 2 aromatic rings. The number of nitro groups is 1. The Morgan fingerprint density at radius 1 is 1.38 bits per heavy atom. The van der Waals surface area contributed by atoms with Crippen molar-refractivity contribution in [1.29, 1.82) is 0 Å². The molecule has 1 unspecified atom stereocenters. The minimum absolute atomic E-state index is 0.0144. The van der Waals surface area contributed by atoms with Crippen molar-refractivity contribution in [2.24, 2.45) is 0 Å². The Balaban J connectivity index is 2.24. The smallest absolute Gasteiger partial charge is 0.332 e. The summed E-state index contributed by atoms with van der Waals surface area (Å²) in [5, 5.41) is 11.0. The fourth-order valence-corrected chi connectivity index (χ4v) is 2.16. The molecule has 0 amide bonds. The number of rotatable bonds is 5. The third kappa shape index (κ3) is 3.78. The Labute approximate surface area is 131 Å². The van der Waals surface area contributed by atoms with Crippen molar-refractivity contribution in [3.63, 3.8) is 0 Å². The van der Waals surface area contributed by atoms with Gasteiger partial charge in [0.2, 0.25) is 0 Å². The van der Waals surface area contributed by atoms with Crippen molar-refractivity contribution in [2.75, 3.05) is 0 Å². The van der Waals surface area contributed by atoms with Crippen LogP contribution in [0.4, 0.5) is 5.69 Å². The highest BCUT2D eigenvalue weighted by Crippen LogP contribution is 2.31. The standard InChI is InChI=1S/C15H15BrN2O3/c1-3-10(2)11-4-6-13(7-5-11)21-15-14(18(19)20)8-12(16)9-17-15/h4-10H,3H2,1-2H3. The zero-order chi connectivity index (χ0) is 15.4. The molecule has 6 heteroatoms. The lowest BCUT2D eigenvalue weighted by atomic mass is 9.99. The summed E-state index contributed by atoms with van der Waals surface area (Å²) < 4.78 is 6.06. The molecule has 1 aromatic carbocycles. The first-order chi connectivity index (χ1) is 10.0. The Hall–Kier alpha value is -1.95. The first-order valence-corrected chi connectivity index (χ1v) is 7.38.